The third-order valence-electron chi connectivity index (χ3n) is 5.60. The van der Waals surface area contributed by atoms with Gasteiger partial charge in [-0.15, -0.1) is 0 Å². The fourth-order valence-corrected chi connectivity index (χ4v) is 4.93. The second kappa shape index (κ2) is 9.11. The second-order valence-electron chi connectivity index (χ2n) is 7.71. The summed E-state index contributed by atoms with van der Waals surface area (Å²) in [5, 5.41) is 9.57. The summed E-state index contributed by atoms with van der Waals surface area (Å²) < 4.78 is 2.38. The highest BCUT2D eigenvalue weighted by Crippen LogP contribution is 2.34. The zero-order valence-electron chi connectivity index (χ0n) is 17.2. The molecule has 0 aliphatic heterocycles. The van der Waals surface area contributed by atoms with Crippen molar-refractivity contribution in [1.82, 2.24) is 19.1 Å². The van der Waals surface area contributed by atoms with Gasteiger partial charge in [0.2, 0.25) is 0 Å². The largest absolute Gasteiger partial charge is 0.480 e. The Bertz CT molecular complexity index is 1020. The molecule has 2 aromatic rings. The van der Waals surface area contributed by atoms with Crippen LogP contribution in [0.15, 0.2) is 14.6 Å². The molecule has 0 amide bonds. The van der Waals surface area contributed by atoms with Gasteiger partial charge in [-0.05, 0) is 19.3 Å². The average molecular weight is 421 g/mol. The molecule has 0 spiro atoms. The van der Waals surface area contributed by atoms with Crippen LogP contribution < -0.4 is 11.2 Å². The van der Waals surface area contributed by atoms with E-state index in [2.05, 4.69) is 9.97 Å². The van der Waals surface area contributed by atoms with E-state index in [1.165, 1.54) is 18.0 Å². The van der Waals surface area contributed by atoms with Gasteiger partial charge >= 0.3 is 11.7 Å². The first-order valence-electron chi connectivity index (χ1n) is 10.2. The van der Waals surface area contributed by atoms with Crippen molar-refractivity contribution in [3.63, 3.8) is 0 Å². The molecule has 3 rings (SSSR count). The Hall–Kier alpha value is -2.16. The average Bonchev–Trinajstić information content (AvgIpc) is 2.73. The maximum atomic E-state index is 12.9. The van der Waals surface area contributed by atoms with Crippen LogP contribution in [0.25, 0.3) is 11.0 Å². The van der Waals surface area contributed by atoms with Gasteiger partial charge in [0.05, 0.1) is 0 Å². The van der Waals surface area contributed by atoms with Crippen molar-refractivity contribution < 1.29 is 9.90 Å². The van der Waals surface area contributed by atoms with E-state index in [-0.39, 0.29) is 17.0 Å². The van der Waals surface area contributed by atoms with Gasteiger partial charge in [-0.3, -0.25) is 18.7 Å². The first-order chi connectivity index (χ1) is 13.8. The minimum Gasteiger partial charge on any atom is -0.480 e. The molecule has 1 N–H and O–H groups in total. The number of unbranched alkanes of at least 4 members (excludes halogenated alkanes) is 1. The molecule has 1 aliphatic carbocycles. The smallest absolute Gasteiger partial charge is 0.332 e. The van der Waals surface area contributed by atoms with Crippen molar-refractivity contribution in [2.45, 2.75) is 74.5 Å². The summed E-state index contributed by atoms with van der Waals surface area (Å²) in [5.41, 5.74) is -0.649. The predicted molar refractivity (Wildman–Crippen MR) is 113 cm³/mol. The first kappa shape index (κ1) is 21.5. The topological polar surface area (TPSA) is 107 Å². The lowest BCUT2D eigenvalue weighted by atomic mass is 9.89. The van der Waals surface area contributed by atoms with Gasteiger partial charge in [-0.1, -0.05) is 50.8 Å². The molecule has 2 heterocycles. The summed E-state index contributed by atoms with van der Waals surface area (Å²) in [6.45, 7) is 2.01. The molecule has 29 heavy (non-hydrogen) atoms. The molecule has 0 radical (unpaired) electrons. The van der Waals surface area contributed by atoms with E-state index in [1.807, 2.05) is 6.92 Å². The number of hydrogen-bond donors (Lipinski definition) is 1. The number of aryl methyl sites for hydroxylation is 1. The molecule has 2 aromatic heterocycles. The summed E-state index contributed by atoms with van der Waals surface area (Å²) in [6, 6.07) is 0. The quantitative estimate of drug-likeness (QED) is 0.542. The Balaban J connectivity index is 2.20. The van der Waals surface area contributed by atoms with E-state index < -0.39 is 22.5 Å². The molecular weight excluding hydrogens is 392 g/mol. The van der Waals surface area contributed by atoms with Crippen LogP contribution in [0.5, 0.6) is 0 Å². The van der Waals surface area contributed by atoms with Crippen LogP contribution in [0, 0.1) is 0 Å². The molecule has 1 aliphatic rings. The lowest BCUT2D eigenvalue weighted by molar-refractivity contribution is -0.136. The maximum absolute atomic E-state index is 12.9. The van der Waals surface area contributed by atoms with Crippen molar-refractivity contribution >= 4 is 28.8 Å². The molecular formula is C20H28N4O4S. The van der Waals surface area contributed by atoms with E-state index in [0.29, 0.717) is 17.3 Å². The van der Waals surface area contributed by atoms with Crippen molar-refractivity contribution in [3.8, 4) is 0 Å². The van der Waals surface area contributed by atoms with Crippen LogP contribution in [-0.4, -0.2) is 35.4 Å². The fraction of sp³-hybridized carbons (Fsp3) is 0.650. The third kappa shape index (κ3) is 4.39. The Morgan fingerprint density at radius 1 is 1.17 bits per heavy atom. The van der Waals surface area contributed by atoms with Crippen molar-refractivity contribution in [2.24, 2.45) is 14.1 Å². The number of hydrogen-bond acceptors (Lipinski definition) is 6. The normalized spacial score (nSPS) is 16.2. The molecule has 1 fully saturated rings. The molecule has 158 valence electrons. The number of aromatic nitrogens is 4. The van der Waals surface area contributed by atoms with Gasteiger partial charge in [-0.25, -0.2) is 14.8 Å². The fourth-order valence-electron chi connectivity index (χ4n) is 3.83. The summed E-state index contributed by atoms with van der Waals surface area (Å²) in [6.07, 6.45) is 7.46. The summed E-state index contributed by atoms with van der Waals surface area (Å²) in [4.78, 5) is 46.4. The number of thioether (sulfide) groups is 1. The summed E-state index contributed by atoms with van der Waals surface area (Å²) in [7, 11) is 3.00. The zero-order valence-corrected chi connectivity index (χ0v) is 18.0. The van der Waals surface area contributed by atoms with Gasteiger partial charge in [-0.2, -0.15) is 0 Å². The number of fused-ring (bicyclic) bond motifs is 1. The molecule has 8 nitrogen and oxygen atoms in total. The maximum Gasteiger partial charge on any atom is 0.332 e. The molecule has 1 saturated carbocycles. The van der Waals surface area contributed by atoms with Crippen LogP contribution in [0.4, 0.5) is 0 Å². The van der Waals surface area contributed by atoms with Crippen molar-refractivity contribution in [2.75, 3.05) is 0 Å². The van der Waals surface area contributed by atoms with Crippen LogP contribution >= 0.6 is 11.8 Å². The predicted octanol–water partition coefficient (Wildman–Crippen LogP) is 2.81. The first-order valence-corrected chi connectivity index (χ1v) is 11.1. The highest BCUT2D eigenvalue weighted by molar-refractivity contribution is 8.00. The van der Waals surface area contributed by atoms with E-state index in [9.17, 15) is 19.5 Å². The van der Waals surface area contributed by atoms with Gasteiger partial charge in [0.15, 0.2) is 5.65 Å². The van der Waals surface area contributed by atoms with E-state index in [1.54, 1.807) is 7.05 Å². The minimum atomic E-state index is -0.920. The number of aliphatic carboxylic acids is 1. The Kier molecular flexibility index (Phi) is 6.77. The standard InChI is InChI=1S/C20H28N4O4S/c1-4-5-11-13(19(26)27)29-17-14-16(23(2)20(28)24(3)18(14)25)21-15(22-17)12-9-7-6-8-10-12/h12-13H,4-11H2,1-3H3,(H,26,27). The molecule has 0 saturated heterocycles. The molecule has 1 unspecified atom stereocenters. The highest BCUT2D eigenvalue weighted by Gasteiger charge is 2.26. The van der Waals surface area contributed by atoms with E-state index >= 15 is 0 Å². The lowest BCUT2D eigenvalue weighted by Gasteiger charge is -2.22. The van der Waals surface area contributed by atoms with Crippen LogP contribution in [0.2, 0.25) is 0 Å². The molecule has 0 bridgehead atoms. The van der Waals surface area contributed by atoms with Gasteiger partial charge < -0.3 is 5.11 Å². The van der Waals surface area contributed by atoms with Crippen molar-refractivity contribution in [3.05, 3.63) is 26.7 Å². The Morgan fingerprint density at radius 3 is 2.48 bits per heavy atom. The van der Waals surface area contributed by atoms with Crippen LogP contribution in [0.1, 0.15) is 70.0 Å². The Morgan fingerprint density at radius 2 is 1.86 bits per heavy atom. The molecule has 1 atom stereocenters. The van der Waals surface area contributed by atoms with Gasteiger partial charge in [0.25, 0.3) is 5.56 Å². The zero-order chi connectivity index (χ0) is 21.1. The number of carboxylic acids is 1. The molecule has 9 heteroatoms. The van der Waals surface area contributed by atoms with E-state index in [0.717, 1.165) is 54.9 Å². The number of carboxylic acid groups (broad SMARTS) is 1. The monoisotopic (exact) mass is 420 g/mol. The lowest BCUT2D eigenvalue weighted by Crippen LogP contribution is -2.38. The second-order valence-corrected chi connectivity index (χ2v) is 8.90. The SMILES string of the molecule is CCCCC(Sc1nc(C2CCCCC2)nc2c1c(=O)n(C)c(=O)n2C)C(=O)O. The van der Waals surface area contributed by atoms with Crippen LogP contribution in [0.3, 0.4) is 0 Å². The Labute approximate surface area is 173 Å². The number of nitrogens with zero attached hydrogens (tertiary/aromatic N) is 4. The van der Waals surface area contributed by atoms with E-state index in [4.69, 9.17) is 0 Å². The van der Waals surface area contributed by atoms with Crippen LogP contribution in [-0.2, 0) is 18.9 Å². The molecule has 0 aromatic carbocycles. The number of rotatable bonds is 7. The summed E-state index contributed by atoms with van der Waals surface area (Å²) in [5.74, 6) is -0.135. The van der Waals surface area contributed by atoms with Gasteiger partial charge in [0, 0.05) is 20.0 Å². The minimum absolute atomic E-state index is 0.172. The highest BCUT2D eigenvalue weighted by atomic mass is 32.2. The van der Waals surface area contributed by atoms with Gasteiger partial charge in [0.1, 0.15) is 21.5 Å². The third-order valence-corrected chi connectivity index (χ3v) is 6.84. The van der Waals surface area contributed by atoms with Crippen molar-refractivity contribution in [1.29, 1.82) is 0 Å². The number of carbonyl (C=O) groups is 1. The summed E-state index contributed by atoms with van der Waals surface area (Å²) >= 11 is 1.10.